The molecule has 0 unspecified atom stereocenters. The number of carbonyl (C=O) groups is 1. The Morgan fingerprint density at radius 3 is 3.00 bits per heavy atom. The third kappa shape index (κ3) is 3.93. The van der Waals surface area contributed by atoms with E-state index in [0.717, 1.165) is 0 Å². The number of rotatable bonds is 6. The molecule has 1 aliphatic rings. The molecule has 2 aromatic heterocycles. The molecule has 3 N–H and O–H groups in total. The van der Waals surface area contributed by atoms with Crippen molar-refractivity contribution in [1.82, 2.24) is 15.3 Å². The molecule has 0 bridgehead atoms. The van der Waals surface area contributed by atoms with Gasteiger partial charge in [-0.1, -0.05) is 0 Å². The van der Waals surface area contributed by atoms with Gasteiger partial charge in [0, 0.05) is 25.1 Å². The number of thiophene rings is 1. The highest BCUT2D eigenvalue weighted by Gasteiger charge is 2.26. The highest BCUT2D eigenvalue weighted by molar-refractivity contribution is 7.20. The number of nitrogens with one attached hydrogen (secondary N) is 2. The zero-order valence-electron chi connectivity index (χ0n) is 16.4. The Morgan fingerprint density at radius 2 is 2.27 bits per heavy atom. The first-order chi connectivity index (χ1) is 14.5. The zero-order valence-corrected chi connectivity index (χ0v) is 17.3. The van der Waals surface area contributed by atoms with Crippen LogP contribution in [0.3, 0.4) is 0 Å². The second-order valence-corrected chi connectivity index (χ2v) is 7.98. The van der Waals surface area contributed by atoms with Crippen molar-refractivity contribution in [1.29, 1.82) is 0 Å². The maximum Gasteiger partial charge on any atom is 0.348 e. The molecule has 0 saturated carbocycles. The van der Waals surface area contributed by atoms with E-state index in [9.17, 15) is 14.3 Å². The van der Waals surface area contributed by atoms with Crippen LogP contribution in [0.5, 0.6) is 5.75 Å². The topological polar surface area (TPSA) is 106 Å². The summed E-state index contributed by atoms with van der Waals surface area (Å²) >= 11 is 1.23. The summed E-state index contributed by atoms with van der Waals surface area (Å²) in [7, 11) is 1.33. The van der Waals surface area contributed by atoms with Gasteiger partial charge in [-0.15, -0.1) is 11.3 Å². The maximum absolute atomic E-state index is 13.9. The number of esters is 1. The number of carbonyl (C=O) groups excluding carboxylic acids is 1. The number of methoxy groups -OCH3 is 1. The lowest BCUT2D eigenvalue weighted by Crippen LogP contribution is -2.25. The van der Waals surface area contributed by atoms with Gasteiger partial charge in [0.1, 0.15) is 39.5 Å². The lowest BCUT2D eigenvalue weighted by atomic mass is 10.2. The minimum Gasteiger partial charge on any atom is -0.487 e. The smallest absolute Gasteiger partial charge is 0.348 e. The van der Waals surface area contributed by atoms with E-state index in [2.05, 4.69) is 20.6 Å². The van der Waals surface area contributed by atoms with Gasteiger partial charge >= 0.3 is 5.97 Å². The summed E-state index contributed by atoms with van der Waals surface area (Å²) in [5.41, 5.74) is 1.24. The minimum atomic E-state index is -0.431. The number of ether oxygens (including phenoxy) is 2. The molecule has 158 valence electrons. The summed E-state index contributed by atoms with van der Waals surface area (Å²) in [6, 6.07) is 4.18. The molecule has 4 rings (SSSR count). The molecule has 3 aromatic rings. The van der Waals surface area contributed by atoms with Crippen LogP contribution in [-0.4, -0.2) is 53.5 Å². The fraction of sp³-hybridized carbons (Fsp3) is 0.350. The average Bonchev–Trinajstić information content (AvgIpc) is 3.34. The van der Waals surface area contributed by atoms with E-state index in [0.29, 0.717) is 50.9 Å². The molecule has 1 saturated heterocycles. The van der Waals surface area contributed by atoms with Crippen LogP contribution in [0.2, 0.25) is 0 Å². The Balaban J connectivity index is 1.67. The van der Waals surface area contributed by atoms with E-state index >= 15 is 0 Å². The number of aryl methyl sites for hydroxylation is 1. The van der Waals surface area contributed by atoms with Gasteiger partial charge in [-0.3, -0.25) is 0 Å². The number of benzene rings is 1. The number of halogens is 1. The highest BCUT2D eigenvalue weighted by Crippen LogP contribution is 2.37. The van der Waals surface area contributed by atoms with E-state index < -0.39 is 11.8 Å². The molecule has 30 heavy (non-hydrogen) atoms. The first-order valence-corrected chi connectivity index (χ1v) is 10.2. The Morgan fingerprint density at radius 1 is 1.43 bits per heavy atom. The third-order valence-corrected chi connectivity index (χ3v) is 6.17. The van der Waals surface area contributed by atoms with Crippen LogP contribution in [-0.2, 0) is 4.74 Å². The number of hydrogen-bond acceptors (Lipinski definition) is 9. The third-order valence-electron chi connectivity index (χ3n) is 4.99. The summed E-state index contributed by atoms with van der Waals surface area (Å²) in [6.07, 6.45) is 1.83. The standard InChI is InChI=1S/C20H21FN4O4S/c1-10-16-18(23-9-24-19(16)30-17(10)20(27)28-2)25-14-4-3-11(21)5-15(14)29-13-6-12(8-26)22-7-13/h3-5,9,12-13,22,26H,6-8H2,1-2H3,(H,23,24,25)/t12-,13-/m0/s1. The molecule has 10 heteroatoms. The number of fused-ring (bicyclic) bond motifs is 1. The van der Waals surface area contributed by atoms with Crippen LogP contribution >= 0.6 is 11.3 Å². The summed E-state index contributed by atoms with van der Waals surface area (Å²) < 4.78 is 24.8. The van der Waals surface area contributed by atoms with Crippen molar-refractivity contribution < 1.29 is 23.8 Å². The fourth-order valence-corrected chi connectivity index (χ4v) is 4.54. The molecule has 3 heterocycles. The van der Waals surface area contributed by atoms with Crippen LogP contribution in [0.4, 0.5) is 15.9 Å². The Bertz CT molecular complexity index is 1090. The van der Waals surface area contributed by atoms with Crippen LogP contribution < -0.4 is 15.4 Å². The monoisotopic (exact) mass is 432 g/mol. The number of nitrogens with zero attached hydrogens (tertiary/aromatic N) is 2. The molecule has 8 nitrogen and oxygen atoms in total. The lowest BCUT2D eigenvalue weighted by Gasteiger charge is -2.17. The predicted octanol–water partition coefficient (Wildman–Crippen LogP) is 2.77. The van der Waals surface area contributed by atoms with Gasteiger partial charge in [0.25, 0.3) is 0 Å². The molecule has 1 aromatic carbocycles. The van der Waals surface area contributed by atoms with Crippen molar-refractivity contribution in [2.75, 3.05) is 25.6 Å². The van der Waals surface area contributed by atoms with Gasteiger partial charge in [0.05, 0.1) is 24.8 Å². The van der Waals surface area contributed by atoms with Gasteiger partial charge in [-0.25, -0.2) is 19.2 Å². The molecule has 2 atom stereocenters. The van der Waals surface area contributed by atoms with Crippen molar-refractivity contribution >= 4 is 39.0 Å². The quantitative estimate of drug-likeness (QED) is 0.511. The van der Waals surface area contributed by atoms with Crippen LogP contribution in [0.1, 0.15) is 21.7 Å². The Labute approximate surface area is 176 Å². The van der Waals surface area contributed by atoms with Crippen LogP contribution in [0.15, 0.2) is 24.5 Å². The van der Waals surface area contributed by atoms with Crippen LogP contribution in [0, 0.1) is 12.7 Å². The van der Waals surface area contributed by atoms with Gasteiger partial charge in [0.2, 0.25) is 0 Å². The summed E-state index contributed by atoms with van der Waals surface area (Å²) in [5, 5.41) is 16.3. The van der Waals surface area contributed by atoms with E-state index in [1.165, 1.54) is 36.9 Å². The first-order valence-electron chi connectivity index (χ1n) is 9.40. The minimum absolute atomic E-state index is 0.0208. The van der Waals surface area contributed by atoms with E-state index in [1.54, 1.807) is 13.0 Å². The van der Waals surface area contributed by atoms with Gasteiger partial charge in [-0.2, -0.15) is 0 Å². The van der Waals surface area contributed by atoms with Crippen molar-refractivity contribution in [3.63, 3.8) is 0 Å². The molecular weight excluding hydrogens is 411 g/mol. The highest BCUT2D eigenvalue weighted by atomic mass is 32.1. The molecule has 0 aliphatic carbocycles. The second kappa shape index (κ2) is 8.50. The van der Waals surface area contributed by atoms with Crippen molar-refractivity contribution in [3.05, 3.63) is 40.8 Å². The van der Waals surface area contributed by atoms with Crippen LogP contribution in [0.25, 0.3) is 10.2 Å². The average molecular weight is 432 g/mol. The lowest BCUT2D eigenvalue weighted by molar-refractivity contribution is 0.0605. The normalized spacial score (nSPS) is 18.5. The first kappa shape index (κ1) is 20.5. The van der Waals surface area contributed by atoms with E-state index in [4.69, 9.17) is 9.47 Å². The molecule has 0 amide bonds. The van der Waals surface area contributed by atoms with E-state index in [-0.39, 0.29) is 18.8 Å². The number of aliphatic hydroxyl groups is 1. The predicted molar refractivity (Wildman–Crippen MR) is 111 cm³/mol. The van der Waals surface area contributed by atoms with Gasteiger partial charge < -0.3 is 25.2 Å². The fourth-order valence-electron chi connectivity index (χ4n) is 3.47. The Hall–Kier alpha value is -2.82. The summed E-state index contributed by atoms with van der Waals surface area (Å²) in [6.45, 7) is 2.39. The maximum atomic E-state index is 13.9. The van der Waals surface area contributed by atoms with Crippen molar-refractivity contribution in [2.45, 2.75) is 25.5 Å². The molecule has 1 fully saturated rings. The number of aromatic nitrogens is 2. The summed E-state index contributed by atoms with van der Waals surface area (Å²) in [5.74, 6) is -0.0291. The number of aliphatic hydroxyl groups excluding tert-OH is 1. The van der Waals surface area contributed by atoms with E-state index in [1.807, 2.05) is 0 Å². The molecule has 0 radical (unpaired) electrons. The second-order valence-electron chi connectivity index (χ2n) is 6.98. The molecule has 1 aliphatic heterocycles. The zero-order chi connectivity index (χ0) is 21.3. The van der Waals surface area contributed by atoms with Crippen molar-refractivity contribution in [2.24, 2.45) is 0 Å². The number of anilines is 2. The SMILES string of the molecule is COC(=O)c1sc2ncnc(Nc3ccc(F)cc3O[C@@H]3CN[C@H](CO)C3)c2c1C. The largest absolute Gasteiger partial charge is 0.487 e. The molecule has 0 spiro atoms. The number of hydrogen-bond donors (Lipinski definition) is 3. The van der Waals surface area contributed by atoms with Gasteiger partial charge in [0.15, 0.2) is 0 Å². The molecular formula is C20H21FN4O4S. The van der Waals surface area contributed by atoms with Gasteiger partial charge in [-0.05, 0) is 24.6 Å². The van der Waals surface area contributed by atoms with Crippen molar-refractivity contribution in [3.8, 4) is 5.75 Å². The Kier molecular flexibility index (Phi) is 5.80. The summed E-state index contributed by atoms with van der Waals surface area (Å²) in [4.78, 5) is 21.7.